The molecule has 3 heterocycles. The molecule has 12 nitrogen and oxygen atoms in total. The maximum Gasteiger partial charge on any atom is 0.289 e. The Labute approximate surface area is 187 Å². The van der Waals surface area contributed by atoms with Crippen molar-refractivity contribution in [2.24, 2.45) is 0 Å². The summed E-state index contributed by atoms with van der Waals surface area (Å²) in [6.45, 7) is 4.68. The van der Waals surface area contributed by atoms with Gasteiger partial charge in [0.25, 0.3) is 17.5 Å². The maximum absolute atomic E-state index is 12.8. The van der Waals surface area contributed by atoms with E-state index < -0.39 is 16.7 Å². The number of hydrogen-bond donors (Lipinski definition) is 2. The molecule has 0 atom stereocenters. The van der Waals surface area contributed by atoms with Gasteiger partial charge in [-0.1, -0.05) is 0 Å². The molecule has 2 saturated heterocycles. The maximum atomic E-state index is 12.8. The third-order valence-electron chi connectivity index (χ3n) is 5.08. The monoisotopic (exact) mass is 462 g/mol. The van der Waals surface area contributed by atoms with Crippen molar-refractivity contribution in [1.82, 2.24) is 15.8 Å². The molecule has 2 aliphatic rings. The van der Waals surface area contributed by atoms with Gasteiger partial charge in [0.2, 0.25) is 0 Å². The minimum atomic E-state index is -0.660. The Bertz CT molecular complexity index is 1000. The zero-order valence-corrected chi connectivity index (χ0v) is 17.9. The van der Waals surface area contributed by atoms with Crippen LogP contribution in [-0.2, 0) is 9.47 Å². The quantitative estimate of drug-likeness (QED) is 0.488. The van der Waals surface area contributed by atoms with Crippen LogP contribution in [0.5, 0.6) is 0 Å². The minimum Gasteiger partial charge on any atom is -0.378 e. The van der Waals surface area contributed by atoms with Crippen molar-refractivity contribution in [3.05, 3.63) is 45.0 Å². The number of nitro benzene ring substituents is 1. The van der Waals surface area contributed by atoms with Gasteiger partial charge in [-0.2, -0.15) is 0 Å². The van der Waals surface area contributed by atoms with E-state index in [1.54, 1.807) is 5.38 Å². The highest BCUT2D eigenvalue weighted by atomic mass is 32.1. The normalized spacial score (nSPS) is 16.5. The summed E-state index contributed by atoms with van der Waals surface area (Å²) in [5.74, 6) is -1.24. The van der Waals surface area contributed by atoms with Crippen LogP contribution in [0.2, 0.25) is 0 Å². The summed E-state index contributed by atoms with van der Waals surface area (Å²) < 4.78 is 10.6. The highest BCUT2D eigenvalue weighted by molar-refractivity contribution is 7.13. The Hall–Kier alpha value is -3.29. The number of carbonyl (C=O) groups excluding carboxylic acids is 2. The first kappa shape index (κ1) is 21.9. The van der Waals surface area contributed by atoms with Gasteiger partial charge in [0, 0.05) is 43.7 Å². The lowest BCUT2D eigenvalue weighted by Crippen LogP contribution is -2.43. The molecule has 2 aromatic rings. The van der Waals surface area contributed by atoms with Gasteiger partial charge in [-0.3, -0.25) is 30.6 Å². The molecule has 170 valence electrons. The van der Waals surface area contributed by atoms with Crippen LogP contribution in [0.1, 0.15) is 20.8 Å². The van der Waals surface area contributed by atoms with Crippen LogP contribution >= 0.6 is 11.3 Å². The zero-order chi connectivity index (χ0) is 22.5. The second-order valence-corrected chi connectivity index (χ2v) is 7.92. The Morgan fingerprint density at radius 3 is 2.28 bits per heavy atom. The van der Waals surface area contributed by atoms with E-state index in [4.69, 9.17) is 9.47 Å². The highest BCUT2D eigenvalue weighted by Gasteiger charge is 2.23. The number of anilines is 2. The molecule has 32 heavy (non-hydrogen) atoms. The van der Waals surface area contributed by atoms with E-state index in [1.807, 2.05) is 9.80 Å². The summed E-state index contributed by atoms with van der Waals surface area (Å²) in [5.41, 5.74) is 5.27. The first-order valence-corrected chi connectivity index (χ1v) is 10.9. The van der Waals surface area contributed by atoms with Crippen molar-refractivity contribution in [1.29, 1.82) is 0 Å². The van der Waals surface area contributed by atoms with Crippen LogP contribution in [0.25, 0.3) is 0 Å². The smallest absolute Gasteiger partial charge is 0.289 e. The summed E-state index contributed by atoms with van der Waals surface area (Å²) in [6, 6.07) is 4.09. The van der Waals surface area contributed by atoms with E-state index in [0.717, 1.165) is 0 Å². The van der Waals surface area contributed by atoms with E-state index in [1.165, 1.54) is 29.5 Å². The first-order chi connectivity index (χ1) is 15.5. The van der Waals surface area contributed by atoms with Gasteiger partial charge in [0.15, 0.2) is 5.13 Å². The number of carbonyl (C=O) groups is 2. The molecule has 2 fully saturated rings. The molecular formula is C19H22N6O6S. The van der Waals surface area contributed by atoms with Crippen molar-refractivity contribution in [3.8, 4) is 0 Å². The van der Waals surface area contributed by atoms with Crippen molar-refractivity contribution in [2.45, 2.75) is 0 Å². The molecule has 2 amide bonds. The van der Waals surface area contributed by atoms with E-state index in [0.29, 0.717) is 63.4 Å². The standard InChI is InChI=1S/C19H22N6O6S/c26-17(14-11-13(25(28)29)1-2-16(14)23-3-7-30-8-4-23)21-22-18(27)15-12-32-19(20-15)24-5-9-31-10-6-24/h1-2,11-12H,3-10H2,(H,21,26)(H,22,27). The minimum absolute atomic E-state index is 0.0914. The third-order valence-corrected chi connectivity index (χ3v) is 5.98. The van der Waals surface area contributed by atoms with E-state index in [-0.39, 0.29) is 16.9 Å². The van der Waals surface area contributed by atoms with Gasteiger partial charge in [-0.05, 0) is 6.07 Å². The number of morpholine rings is 2. The molecule has 0 bridgehead atoms. The molecule has 1 aromatic heterocycles. The Balaban J connectivity index is 1.45. The van der Waals surface area contributed by atoms with Crippen LogP contribution in [0.4, 0.5) is 16.5 Å². The van der Waals surface area contributed by atoms with E-state index in [2.05, 4.69) is 15.8 Å². The van der Waals surface area contributed by atoms with Crippen LogP contribution in [-0.4, -0.2) is 74.3 Å². The number of hydrogen-bond acceptors (Lipinski definition) is 10. The topological polar surface area (TPSA) is 139 Å². The molecule has 2 aliphatic heterocycles. The lowest BCUT2D eigenvalue weighted by molar-refractivity contribution is -0.384. The molecule has 13 heteroatoms. The Morgan fingerprint density at radius 2 is 1.62 bits per heavy atom. The number of hydrazine groups is 1. The number of amides is 2. The number of ether oxygens (including phenoxy) is 2. The molecule has 0 saturated carbocycles. The van der Waals surface area contributed by atoms with Gasteiger partial charge in [-0.15, -0.1) is 11.3 Å². The summed E-state index contributed by atoms with van der Waals surface area (Å²) in [7, 11) is 0. The molecule has 2 N–H and O–H groups in total. The van der Waals surface area contributed by atoms with Gasteiger partial charge in [0.1, 0.15) is 5.69 Å². The number of rotatable bonds is 5. The number of benzene rings is 1. The average molecular weight is 462 g/mol. The van der Waals surface area contributed by atoms with Crippen LogP contribution < -0.4 is 20.7 Å². The molecule has 0 unspecified atom stereocenters. The fourth-order valence-electron chi connectivity index (χ4n) is 3.41. The molecule has 0 radical (unpaired) electrons. The van der Waals surface area contributed by atoms with Crippen molar-refractivity contribution >= 4 is 39.7 Å². The molecule has 1 aromatic carbocycles. The van der Waals surface area contributed by atoms with Gasteiger partial charge >= 0.3 is 0 Å². The number of thiazole rings is 1. The molecule has 0 spiro atoms. The highest BCUT2D eigenvalue weighted by Crippen LogP contribution is 2.26. The summed E-state index contributed by atoms with van der Waals surface area (Å²) >= 11 is 1.33. The predicted molar refractivity (Wildman–Crippen MR) is 116 cm³/mol. The zero-order valence-electron chi connectivity index (χ0n) is 17.1. The summed E-state index contributed by atoms with van der Waals surface area (Å²) in [6.07, 6.45) is 0. The van der Waals surface area contributed by atoms with Crippen LogP contribution in [0.3, 0.4) is 0 Å². The third kappa shape index (κ3) is 4.95. The van der Waals surface area contributed by atoms with E-state index in [9.17, 15) is 19.7 Å². The van der Waals surface area contributed by atoms with Gasteiger partial charge < -0.3 is 19.3 Å². The average Bonchev–Trinajstić information content (AvgIpc) is 3.33. The van der Waals surface area contributed by atoms with Crippen molar-refractivity contribution in [2.75, 3.05) is 62.4 Å². The van der Waals surface area contributed by atoms with Gasteiger partial charge in [0.05, 0.1) is 42.6 Å². The number of nitrogens with one attached hydrogen (secondary N) is 2. The number of non-ortho nitro benzene ring substituents is 1. The van der Waals surface area contributed by atoms with Crippen molar-refractivity contribution in [3.63, 3.8) is 0 Å². The van der Waals surface area contributed by atoms with Crippen molar-refractivity contribution < 1.29 is 24.0 Å². The van der Waals surface area contributed by atoms with Crippen LogP contribution in [0.15, 0.2) is 23.6 Å². The Morgan fingerprint density at radius 1 is 1.00 bits per heavy atom. The fourth-order valence-corrected chi connectivity index (χ4v) is 4.27. The second-order valence-electron chi connectivity index (χ2n) is 7.08. The SMILES string of the molecule is O=C(NNC(=O)c1cc([N+](=O)[O-])ccc1N1CCOCC1)c1csc(N2CCOCC2)n1. The predicted octanol–water partition coefficient (Wildman–Crippen LogP) is 0.799. The summed E-state index contributed by atoms with van der Waals surface area (Å²) in [4.78, 5) is 44.2. The van der Waals surface area contributed by atoms with Gasteiger partial charge in [-0.25, -0.2) is 4.98 Å². The largest absolute Gasteiger partial charge is 0.378 e. The van der Waals surface area contributed by atoms with Crippen LogP contribution in [0, 0.1) is 10.1 Å². The second kappa shape index (κ2) is 9.89. The first-order valence-electron chi connectivity index (χ1n) is 10.0. The Kier molecular flexibility index (Phi) is 6.78. The number of aromatic nitrogens is 1. The molecule has 0 aliphatic carbocycles. The summed E-state index contributed by atoms with van der Waals surface area (Å²) in [5, 5.41) is 13.5. The fraction of sp³-hybridized carbons (Fsp3) is 0.421. The lowest BCUT2D eigenvalue weighted by atomic mass is 10.1. The van der Waals surface area contributed by atoms with E-state index >= 15 is 0 Å². The number of nitrogens with zero attached hydrogens (tertiary/aromatic N) is 4. The molecular weight excluding hydrogens is 440 g/mol. The number of nitro groups is 1. The lowest BCUT2D eigenvalue weighted by Gasteiger charge is -2.30. The molecule has 4 rings (SSSR count).